The summed E-state index contributed by atoms with van der Waals surface area (Å²) in [4.78, 5) is 35.2. The van der Waals surface area contributed by atoms with E-state index in [4.69, 9.17) is 9.84 Å². The van der Waals surface area contributed by atoms with Crippen LogP contribution in [0.3, 0.4) is 0 Å². The quantitative estimate of drug-likeness (QED) is 0.236. The minimum atomic E-state index is -0.963. The van der Waals surface area contributed by atoms with E-state index in [0.29, 0.717) is 31.0 Å². The smallest absolute Gasteiger partial charge is 0.303 e. The Labute approximate surface area is 181 Å². The normalized spacial score (nSPS) is 11.5. The maximum atomic E-state index is 12.4. The molecule has 0 aromatic heterocycles. The molecule has 0 heterocycles. The van der Waals surface area contributed by atoms with Gasteiger partial charge in [0.1, 0.15) is 5.75 Å². The number of hydrogen-bond donors (Lipinski definition) is 4. The predicted octanol–water partition coefficient (Wildman–Crippen LogP) is 2.63. The zero-order chi connectivity index (χ0) is 22.5. The fraction of sp³-hybridized carbons (Fsp3) is 0.261. The number of benzene rings is 2. The highest BCUT2D eigenvalue weighted by molar-refractivity contribution is 5.96. The van der Waals surface area contributed by atoms with Crippen LogP contribution in [0.4, 0.5) is 5.69 Å². The number of aliphatic carboxylic acids is 1. The molecule has 0 aliphatic rings. The summed E-state index contributed by atoms with van der Waals surface area (Å²) in [5.41, 5.74) is 1.49. The molecule has 31 heavy (non-hydrogen) atoms. The number of carboxylic acid groups (broad SMARTS) is 1. The third kappa shape index (κ3) is 9.03. The first-order valence-electron chi connectivity index (χ1n) is 10.0. The van der Waals surface area contributed by atoms with Crippen molar-refractivity contribution in [3.05, 3.63) is 66.2 Å². The summed E-state index contributed by atoms with van der Waals surface area (Å²) in [6.45, 7) is 2.52. The van der Waals surface area contributed by atoms with E-state index >= 15 is 0 Å². The zero-order valence-corrected chi connectivity index (χ0v) is 17.3. The third-order valence-corrected chi connectivity index (χ3v) is 4.10. The van der Waals surface area contributed by atoms with Gasteiger partial charge in [-0.2, -0.15) is 0 Å². The van der Waals surface area contributed by atoms with E-state index in [1.165, 1.54) is 6.08 Å². The molecule has 0 radical (unpaired) electrons. The number of carbonyl (C=O) groups is 3. The highest BCUT2D eigenvalue weighted by Crippen LogP contribution is 2.16. The van der Waals surface area contributed by atoms with Crippen molar-refractivity contribution < 1.29 is 24.2 Å². The van der Waals surface area contributed by atoms with E-state index < -0.39 is 18.0 Å². The lowest BCUT2D eigenvalue weighted by molar-refractivity contribution is -0.137. The van der Waals surface area contributed by atoms with E-state index in [0.717, 1.165) is 5.56 Å². The van der Waals surface area contributed by atoms with Gasteiger partial charge in [0.05, 0.1) is 6.61 Å². The van der Waals surface area contributed by atoms with Crippen molar-refractivity contribution in [1.82, 2.24) is 10.6 Å². The molecule has 2 aromatic rings. The largest absolute Gasteiger partial charge is 0.494 e. The monoisotopic (exact) mass is 425 g/mol. The SMILES string of the molecule is CCNC(=O)C(NC(=O)C=Cc1ccccc1)Nc1ccc(OCCCC(=O)O)cc1. The molecule has 8 nitrogen and oxygen atoms in total. The number of likely N-dealkylation sites (N-methyl/N-ethyl adjacent to an activating group) is 1. The molecule has 0 saturated heterocycles. The van der Waals surface area contributed by atoms with E-state index in [9.17, 15) is 14.4 Å². The summed E-state index contributed by atoms with van der Waals surface area (Å²) in [5.74, 6) is -1.05. The van der Waals surface area contributed by atoms with Gasteiger partial charge in [0.2, 0.25) is 5.91 Å². The van der Waals surface area contributed by atoms with Crippen molar-refractivity contribution in [2.24, 2.45) is 0 Å². The number of amides is 2. The van der Waals surface area contributed by atoms with Gasteiger partial charge in [-0.3, -0.25) is 14.4 Å². The summed E-state index contributed by atoms with van der Waals surface area (Å²) in [5, 5.41) is 17.0. The van der Waals surface area contributed by atoms with Gasteiger partial charge in [0.15, 0.2) is 6.17 Å². The summed E-state index contributed by atoms with van der Waals surface area (Å²) >= 11 is 0. The Morgan fingerprint density at radius 3 is 2.42 bits per heavy atom. The number of anilines is 1. The molecule has 1 unspecified atom stereocenters. The fourth-order valence-electron chi connectivity index (χ4n) is 2.60. The molecule has 8 heteroatoms. The van der Waals surface area contributed by atoms with Crippen LogP contribution in [0.1, 0.15) is 25.3 Å². The van der Waals surface area contributed by atoms with Gasteiger partial charge in [-0.1, -0.05) is 30.3 Å². The van der Waals surface area contributed by atoms with Crippen LogP contribution in [-0.4, -0.2) is 42.2 Å². The average Bonchev–Trinajstić information content (AvgIpc) is 2.76. The Hall–Kier alpha value is -3.81. The lowest BCUT2D eigenvalue weighted by atomic mass is 10.2. The van der Waals surface area contributed by atoms with Crippen molar-refractivity contribution in [2.75, 3.05) is 18.5 Å². The Morgan fingerprint density at radius 2 is 1.77 bits per heavy atom. The number of hydrogen-bond acceptors (Lipinski definition) is 5. The van der Waals surface area contributed by atoms with Crippen molar-refractivity contribution in [3.63, 3.8) is 0 Å². The zero-order valence-electron chi connectivity index (χ0n) is 17.3. The van der Waals surface area contributed by atoms with Crippen LogP contribution in [-0.2, 0) is 14.4 Å². The van der Waals surface area contributed by atoms with Crippen molar-refractivity contribution in [3.8, 4) is 5.75 Å². The predicted molar refractivity (Wildman–Crippen MR) is 119 cm³/mol. The molecule has 0 aliphatic carbocycles. The number of ether oxygens (including phenoxy) is 1. The summed E-state index contributed by atoms with van der Waals surface area (Å²) < 4.78 is 5.49. The van der Waals surface area contributed by atoms with Gasteiger partial charge in [0, 0.05) is 24.7 Å². The van der Waals surface area contributed by atoms with Crippen LogP contribution in [0, 0.1) is 0 Å². The molecule has 2 amide bonds. The van der Waals surface area contributed by atoms with E-state index in [2.05, 4.69) is 16.0 Å². The van der Waals surface area contributed by atoms with Crippen molar-refractivity contribution in [2.45, 2.75) is 25.9 Å². The molecule has 0 spiro atoms. The number of rotatable bonds is 12. The minimum Gasteiger partial charge on any atom is -0.494 e. The highest BCUT2D eigenvalue weighted by Gasteiger charge is 2.19. The number of carbonyl (C=O) groups excluding carboxylic acids is 2. The van der Waals surface area contributed by atoms with Crippen LogP contribution >= 0.6 is 0 Å². The molecule has 2 aromatic carbocycles. The average molecular weight is 425 g/mol. The maximum Gasteiger partial charge on any atom is 0.303 e. The van der Waals surface area contributed by atoms with Gasteiger partial charge in [0.25, 0.3) is 5.91 Å². The second-order valence-electron chi connectivity index (χ2n) is 6.59. The second kappa shape index (κ2) is 12.7. The number of nitrogens with one attached hydrogen (secondary N) is 3. The van der Waals surface area contributed by atoms with Crippen LogP contribution in [0.15, 0.2) is 60.7 Å². The second-order valence-corrected chi connectivity index (χ2v) is 6.59. The Bertz CT molecular complexity index is 882. The van der Waals surface area contributed by atoms with Gasteiger partial charge in [-0.25, -0.2) is 0 Å². The fourth-order valence-corrected chi connectivity index (χ4v) is 2.60. The van der Waals surface area contributed by atoms with E-state index in [1.807, 2.05) is 30.3 Å². The van der Waals surface area contributed by atoms with Crippen LogP contribution in [0.2, 0.25) is 0 Å². The third-order valence-electron chi connectivity index (χ3n) is 4.10. The molecule has 164 valence electrons. The first-order valence-corrected chi connectivity index (χ1v) is 10.0. The van der Waals surface area contributed by atoms with E-state index in [-0.39, 0.29) is 12.3 Å². The van der Waals surface area contributed by atoms with Gasteiger partial charge in [-0.15, -0.1) is 0 Å². The standard InChI is InChI=1S/C23H27N3O5/c1-2-24-23(30)22(26-20(27)15-10-17-7-4-3-5-8-17)25-18-11-13-19(14-12-18)31-16-6-9-21(28)29/h3-5,7-8,10-15,22,25H,2,6,9,16H2,1H3,(H,24,30)(H,26,27)(H,28,29). The molecule has 0 aliphatic heterocycles. The van der Waals surface area contributed by atoms with Gasteiger partial charge >= 0.3 is 5.97 Å². The molecule has 0 fully saturated rings. The number of carboxylic acids is 1. The maximum absolute atomic E-state index is 12.4. The minimum absolute atomic E-state index is 0.0479. The highest BCUT2D eigenvalue weighted by atomic mass is 16.5. The molecule has 0 bridgehead atoms. The molecule has 4 N–H and O–H groups in total. The summed E-state index contributed by atoms with van der Waals surface area (Å²) in [7, 11) is 0. The van der Waals surface area contributed by atoms with Gasteiger partial charge in [-0.05, 0) is 49.2 Å². The van der Waals surface area contributed by atoms with Crippen LogP contribution in [0.25, 0.3) is 6.08 Å². The first-order chi connectivity index (χ1) is 15.0. The van der Waals surface area contributed by atoms with Crippen molar-refractivity contribution >= 4 is 29.5 Å². The summed E-state index contributed by atoms with van der Waals surface area (Å²) in [6.07, 6.45) is 2.54. The Kier molecular flexibility index (Phi) is 9.61. The van der Waals surface area contributed by atoms with Crippen LogP contribution < -0.4 is 20.7 Å². The van der Waals surface area contributed by atoms with Crippen molar-refractivity contribution in [1.29, 1.82) is 0 Å². The molecule has 1 atom stereocenters. The Balaban J connectivity index is 1.95. The van der Waals surface area contributed by atoms with E-state index in [1.54, 1.807) is 37.3 Å². The summed E-state index contributed by atoms with van der Waals surface area (Å²) in [6, 6.07) is 16.2. The lowest BCUT2D eigenvalue weighted by Crippen LogP contribution is -2.50. The lowest BCUT2D eigenvalue weighted by Gasteiger charge is -2.20. The molecular formula is C23H27N3O5. The molecule has 0 saturated carbocycles. The van der Waals surface area contributed by atoms with Crippen LogP contribution in [0.5, 0.6) is 5.75 Å². The Morgan fingerprint density at radius 1 is 1.06 bits per heavy atom. The topological polar surface area (TPSA) is 117 Å². The molecule has 2 rings (SSSR count). The first kappa shape index (κ1) is 23.5. The molecular weight excluding hydrogens is 398 g/mol. The van der Waals surface area contributed by atoms with Gasteiger partial charge < -0.3 is 25.8 Å².